The molecular formula is C27H28N4OS. The molecule has 0 unspecified atom stereocenters. The van der Waals surface area contributed by atoms with Crippen molar-refractivity contribution in [2.45, 2.75) is 31.8 Å². The van der Waals surface area contributed by atoms with Crippen LogP contribution in [0.15, 0.2) is 65.5 Å². The summed E-state index contributed by atoms with van der Waals surface area (Å²) in [4.78, 5) is 28.0. The van der Waals surface area contributed by atoms with Crippen LogP contribution >= 0.6 is 11.3 Å². The summed E-state index contributed by atoms with van der Waals surface area (Å²) in [5.41, 5.74) is 3.96. The van der Waals surface area contributed by atoms with Gasteiger partial charge in [0.25, 0.3) is 5.56 Å². The second-order valence-corrected chi connectivity index (χ2v) is 10.2. The van der Waals surface area contributed by atoms with E-state index in [0.29, 0.717) is 6.54 Å². The van der Waals surface area contributed by atoms with Crippen molar-refractivity contribution in [1.29, 1.82) is 0 Å². The van der Waals surface area contributed by atoms with Crippen LogP contribution in [0.1, 0.15) is 39.9 Å². The lowest BCUT2D eigenvalue weighted by Gasteiger charge is -2.39. The number of aryl methyl sites for hydroxylation is 2. The number of nitrogens with zero attached hydrogens (tertiary/aromatic N) is 3. The van der Waals surface area contributed by atoms with E-state index in [0.717, 1.165) is 61.5 Å². The molecule has 0 amide bonds. The number of piperazine rings is 1. The molecule has 2 aromatic heterocycles. The zero-order valence-electron chi connectivity index (χ0n) is 18.7. The van der Waals surface area contributed by atoms with E-state index in [1.807, 2.05) is 0 Å². The van der Waals surface area contributed by atoms with E-state index in [1.54, 1.807) is 11.3 Å². The molecule has 0 radical (unpaired) electrons. The van der Waals surface area contributed by atoms with Gasteiger partial charge in [-0.2, -0.15) is 0 Å². The minimum absolute atomic E-state index is 0.0428. The van der Waals surface area contributed by atoms with Crippen LogP contribution in [-0.4, -0.2) is 45.9 Å². The third-order valence-electron chi connectivity index (χ3n) is 7.00. The largest absolute Gasteiger partial charge is 0.309 e. The molecule has 5 nitrogen and oxygen atoms in total. The number of aromatic nitrogens is 2. The van der Waals surface area contributed by atoms with Crippen molar-refractivity contribution in [2.24, 2.45) is 0 Å². The second-order valence-electron chi connectivity index (χ2n) is 9.09. The van der Waals surface area contributed by atoms with Gasteiger partial charge >= 0.3 is 0 Å². The predicted octanol–water partition coefficient (Wildman–Crippen LogP) is 4.38. The SMILES string of the molecule is O=c1[nH]c(CN2CCN(C(c3ccccc3)c3ccccc3)CC2)nc2sc3c(c12)CCC3. The fourth-order valence-corrected chi connectivity index (χ4v) is 6.68. The zero-order valence-corrected chi connectivity index (χ0v) is 19.5. The number of aromatic amines is 1. The number of nitrogens with one attached hydrogen (secondary N) is 1. The summed E-state index contributed by atoms with van der Waals surface area (Å²) in [6.45, 7) is 4.57. The van der Waals surface area contributed by atoms with Gasteiger partial charge in [-0.1, -0.05) is 60.7 Å². The van der Waals surface area contributed by atoms with Gasteiger partial charge in [0, 0.05) is 31.1 Å². The molecule has 0 saturated carbocycles. The third-order valence-corrected chi connectivity index (χ3v) is 8.19. The molecule has 0 spiro atoms. The Labute approximate surface area is 197 Å². The van der Waals surface area contributed by atoms with Crippen molar-refractivity contribution < 1.29 is 0 Å². The summed E-state index contributed by atoms with van der Waals surface area (Å²) in [6.07, 6.45) is 3.28. The van der Waals surface area contributed by atoms with Crippen LogP contribution in [0.5, 0.6) is 0 Å². The van der Waals surface area contributed by atoms with Gasteiger partial charge in [0.15, 0.2) is 0 Å². The molecule has 3 heterocycles. The van der Waals surface area contributed by atoms with Crippen molar-refractivity contribution in [2.75, 3.05) is 26.2 Å². The number of hydrogen-bond donors (Lipinski definition) is 1. The van der Waals surface area contributed by atoms with Crippen LogP contribution in [0.2, 0.25) is 0 Å². The van der Waals surface area contributed by atoms with Gasteiger partial charge in [0.05, 0.1) is 18.0 Å². The molecule has 1 saturated heterocycles. The predicted molar refractivity (Wildman–Crippen MR) is 134 cm³/mol. The van der Waals surface area contributed by atoms with Crippen LogP contribution in [0, 0.1) is 0 Å². The van der Waals surface area contributed by atoms with Crippen molar-refractivity contribution in [3.05, 3.63) is 98.4 Å². The van der Waals surface area contributed by atoms with E-state index < -0.39 is 0 Å². The maximum Gasteiger partial charge on any atom is 0.259 e. The Bertz CT molecular complexity index is 1270. The number of thiophene rings is 1. The highest BCUT2D eigenvalue weighted by molar-refractivity contribution is 7.18. The van der Waals surface area contributed by atoms with E-state index >= 15 is 0 Å². The molecule has 168 valence electrons. The topological polar surface area (TPSA) is 52.2 Å². The van der Waals surface area contributed by atoms with Gasteiger partial charge in [-0.05, 0) is 36.0 Å². The molecule has 0 atom stereocenters. The fourth-order valence-electron chi connectivity index (χ4n) is 5.40. The minimum atomic E-state index is 0.0428. The first-order valence-corrected chi connectivity index (χ1v) is 12.7. The average molecular weight is 457 g/mol. The normalized spacial score (nSPS) is 17.1. The first-order chi connectivity index (χ1) is 16.3. The molecule has 1 aliphatic heterocycles. The molecule has 1 N–H and O–H groups in total. The quantitative estimate of drug-likeness (QED) is 0.484. The van der Waals surface area contributed by atoms with Crippen LogP contribution in [0.4, 0.5) is 0 Å². The van der Waals surface area contributed by atoms with Gasteiger partial charge in [-0.25, -0.2) is 4.98 Å². The van der Waals surface area contributed by atoms with E-state index in [2.05, 4.69) is 75.4 Å². The molecule has 6 heteroatoms. The standard InChI is InChI=1S/C27H28N4OS/c32-26-24-21-12-7-13-22(21)33-27(24)29-23(28-26)18-30-14-16-31(17-15-30)25(19-8-3-1-4-9-19)20-10-5-2-6-11-20/h1-6,8-11,25H,7,12-18H2,(H,28,29,32). The van der Waals surface area contributed by atoms with Gasteiger partial charge in [-0.15, -0.1) is 11.3 Å². The van der Waals surface area contributed by atoms with Gasteiger partial charge in [-0.3, -0.25) is 14.6 Å². The second kappa shape index (κ2) is 8.86. The molecule has 33 heavy (non-hydrogen) atoms. The van der Waals surface area contributed by atoms with E-state index in [4.69, 9.17) is 4.98 Å². The summed E-state index contributed by atoms with van der Waals surface area (Å²) < 4.78 is 0. The van der Waals surface area contributed by atoms with Crippen LogP contribution < -0.4 is 5.56 Å². The highest BCUT2D eigenvalue weighted by Gasteiger charge is 2.27. The Morgan fingerprint density at radius 2 is 1.58 bits per heavy atom. The molecule has 2 aliphatic rings. The van der Waals surface area contributed by atoms with E-state index in [-0.39, 0.29) is 11.6 Å². The molecule has 4 aromatic rings. The molecule has 6 rings (SSSR count). The molecule has 1 fully saturated rings. The summed E-state index contributed by atoms with van der Waals surface area (Å²) >= 11 is 1.72. The summed E-state index contributed by atoms with van der Waals surface area (Å²) in [5.74, 6) is 0.795. The first kappa shape index (κ1) is 20.8. The lowest BCUT2D eigenvalue weighted by atomic mass is 9.96. The number of fused-ring (bicyclic) bond motifs is 3. The van der Waals surface area contributed by atoms with Crippen LogP contribution in [0.25, 0.3) is 10.2 Å². The minimum Gasteiger partial charge on any atom is -0.309 e. The zero-order chi connectivity index (χ0) is 22.2. The first-order valence-electron chi connectivity index (χ1n) is 11.9. The summed E-state index contributed by atoms with van der Waals surface area (Å²) in [6, 6.07) is 21.8. The van der Waals surface area contributed by atoms with Crippen LogP contribution in [0.3, 0.4) is 0 Å². The van der Waals surface area contributed by atoms with Crippen molar-refractivity contribution in [3.8, 4) is 0 Å². The maximum atomic E-state index is 12.8. The van der Waals surface area contributed by atoms with Crippen molar-refractivity contribution in [3.63, 3.8) is 0 Å². The highest BCUT2D eigenvalue weighted by Crippen LogP contribution is 2.34. The summed E-state index contributed by atoms with van der Waals surface area (Å²) in [7, 11) is 0. The van der Waals surface area contributed by atoms with Gasteiger partial charge < -0.3 is 4.98 Å². The number of benzene rings is 2. The monoisotopic (exact) mass is 456 g/mol. The highest BCUT2D eigenvalue weighted by atomic mass is 32.1. The molecule has 0 bridgehead atoms. The van der Waals surface area contributed by atoms with E-state index in [9.17, 15) is 4.79 Å². The van der Waals surface area contributed by atoms with Crippen LogP contribution in [-0.2, 0) is 19.4 Å². The Morgan fingerprint density at radius 3 is 2.24 bits per heavy atom. The van der Waals surface area contributed by atoms with Crippen molar-refractivity contribution in [1.82, 2.24) is 19.8 Å². The molecule has 1 aliphatic carbocycles. The average Bonchev–Trinajstić information content (AvgIpc) is 3.43. The number of rotatable bonds is 5. The van der Waals surface area contributed by atoms with Gasteiger partial charge in [0.2, 0.25) is 0 Å². The lowest BCUT2D eigenvalue weighted by molar-refractivity contribution is 0.103. The Kier molecular flexibility index (Phi) is 5.58. The summed E-state index contributed by atoms with van der Waals surface area (Å²) in [5, 5.41) is 0.842. The van der Waals surface area contributed by atoms with E-state index in [1.165, 1.54) is 21.6 Å². The lowest BCUT2D eigenvalue weighted by Crippen LogP contribution is -2.47. The van der Waals surface area contributed by atoms with Crippen molar-refractivity contribution >= 4 is 21.6 Å². The Hall–Kier alpha value is -2.80. The number of hydrogen-bond acceptors (Lipinski definition) is 5. The maximum absolute atomic E-state index is 12.8. The fraction of sp³-hybridized carbons (Fsp3) is 0.333. The van der Waals surface area contributed by atoms with Gasteiger partial charge in [0.1, 0.15) is 10.7 Å². The smallest absolute Gasteiger partial charge is 0.259 e. The molecular weight excluding hydrogens is 428 g/mol. The number of H-pyrrole nitrogens is 1. The third kappa shape index (κ3) is 4.03. The molecule has 2 aromatic carbocycles. The Balaban J connectivity index is 1.18. The Morgan fingerprint density at radius 1 is 0.909 bits per heavy atom.